The van der Waals surface area contributed by atoms with Crippen molar-refractivity contribution < 1.29 is 17.2 Å². The van der Waals surface area contributed by atoms with Gasteiger partial charge in [-0.05, 0) is 57.0 Å². The average molecular weight is 788 g/mol. The van der Waals surface area contributed by atoms with Crippen LogP contribution in [0.25, 0.3) is 43.7 Å². The molecule has 7 rings (SSSR count). The molecule has 4 aromatic heterocycles. The molecule has 2 aromatic carbocycles. The van der Waals surface area contributed by atoms with E-state index in [1.54, 1.807) is 61.8 Å². The van der Waals surface area contributed by atoms with E-state index in [-0.39, 0.29) is 33.1 Å². The van der Waals surface area contributed by atoms with Crippen molar-refractivity contribution >= 4 is 38.2 Å². The van der Waals surface area contributed by atoms with Crippen molar-refractivity contribution in [2.24, 2.45) is 0 Å². The summed E-state index contributed by atoms with van der Waals surface area (Å²) in [5.74, 6) is 0.0242. The zero-order valence-corrected chi connectivity index (χ0v) is 34.0. The number of thiazole rings is 2. The van der Waals surface area contributed by atoms with E-state index < -0.39 is 21.5 Å². The minimum Gasteiger partial charge on any atom is -0.396 e. The Labute approximate surface area is 323 Å². The van der Waals surface area contributed by atoms with Crippen molar-refractivity contribution in [2.45, 2.75) is 90.1 Å². The van der Waals surface area contributed by atoms with Gasteiger partial charge < -0.3 is 5.73 Å². The number of hydrogen-bond donors (Lipinski definition) is 1. The van der Waals surface area contributed by atoms with Crippen LogP contribution in [0, 0.1) is 25.5 Å². The Morgan fingerprint density at radius 2 is 1.17 bits per heavy atom. The minimum absolute atomic E-state index is 0.114. The third kappa shape index (κ3) is 8.55. The molecule has 2 N–H and O–H groups in total. The second-order valence-electron chi connectivity index (χ2n) is 15.4. The maximum Gasteiger partial charge on any atom is 0.157 e. The topological polar surface area (TPSA) is 138 Å². The van der Waals surface area contributed by atoms with Crippen LogP contribution < -0.4 is 5.73 Å². The number of hydrogen-bond acceptors (Lipinski definition) is 11. The maximum atomic E-state index is 15.5. The molecule has 0 bridgehead atoms. The van der Waals surface area contributed by atoms with Crippen LogP contribution in [0.3, 0.4) is 0 Å². The van der Waals surface area contributed by atoms with Crippen LogP contribution in [0.2, 0.25) is 0 Å². The van der Waals surface area contributed by atoms with Gasteiger partial charge in [0.25, 0.3) is 0 Å². The molecule has 0 spiro atoms. The second kappa shape index (κ2) is 15.0. The number of nitrogen functional groups attached to an aromatic ring is 1. The van der Waals surface area contributed by atoms with E-state index in [4.69, 9.17) is 15.7 Å². The Morgan fingerprint density at radius 3 is 1.61 bits per heavy atom. The predicted octanol–water partition coefficient (Wildman–Crippen LogP) is 9.68. The van der Waals surface area contributed by atoms with Crippen LogP contribution >= 0.6 is 22.7 Å². The summed E-state index contributed by atoms with van der Waals surface area (Å²) in [5.41, 5.74) is 8.87. The molecule has 0 aliphatic heterocycles. The fourth-order valence-electron chi connectivity index (χ4n) is 5.53. The number of benzene rings is 2. The van der Waals surface area contributed by atoms with Gasteiger partial charge in [0, 0.05) is 39.9 Å². The Kier molecular flexibility index (Phi) is 10.8. The number of aryl methyl sites for hydroxylation is 2. The highest BCUT2D eigenvalue weighted by Crippen LogP contribution is 2.43. The predicted molar refractivity (Wildman–Crippen MR) is 214 cm³/mol. The van der Waals surface area contributed by atoms with Gasteiger partial charge in [-0.25, -0.2) is 47.1 Å². The van der Waals surface area contributed by atoms with Crippen LogP contribution in [0.1, 0.15) is 81.6 Å². The summed E-state index contributed by atoms with van der Waals surface area (Å²) in [7, 11) is -3.33. The normalized spacial score (nSPS) is 13.4. The molecule has 0 saturated heterocycles. The third-order valence-corrected chi connectivity index (χ3v) is 13.8. The Morgan fingerprint density at radius 1 is 0.704 bits per heavy atom. The molecule has 0 radical (unpaired) electrons. The first-order valence-electron chi connectivity index (χ1n) is 17.5. The van der Waals surface area contributed by atoms with Crippen LogP contribution in [0.15, 0.2) is 60.9 Å². The summed E-state index contributed by atoms with van der Waals surface area (Å²) < 4.78 is 54.9. The molecule has 282 valence electrons. The molecule has 0 atom stereocenters. The third-order valence-electron chi connectivity index (χ3n) is 8.56. The molecule has 0 unspecified atom stereocenters. The zero-order valence-electron chi connectivity index (χ0n) is 31.5. The van der Waals surface area contributed by atoms with E-state index in [1.165, 1.54) is 22.7 Å². The average Bonchev–Trinajstić information content (AvgIpc) is 3.71. The molecule has 4 heterocycles. The maximum absolute atomic E-state index is 15.5. The molecular weight excluding hydrogens is 745 g/mol. The quantitative estimate of drug-likeness (QED) is 0.157. The lowest BCUT2D eigenvalue weighted by molar-refractivity contribution is 0.584. The van der Waals surface area contributed by atoms with Gasteiger partial charge in [-0.15, -0.1) is 22.7 Å². The summed E-state index contributed by atoms with van der Waals surface area (Å²) in [4.78, 5) is 28.4. The lowest BCUT2D eigenvalue weighted by Gasteiger charge is -2.13. The van der Waals surface area contributed by atoms with Gasteiger partial charge >= 0.3 is 0 Å². The van der Waals surface area contributed by atoms with Crippen molar-refractivity contribution in [3.05, 3.63) is 99.8 Å². The molecule has 14 heteroatoms. The minimum atomic E-state index is -3.33. The summed E-state index contributed by atoms with van der Waals surface area (Å²) in [6, 6.07) is 13.5. The van der Waals surface area contributed by atoms with Gasteiger partial charge in [0.15, 0.2) is 15.7 Å². The molecule has 54 heavy (non-hydrogen) atoms. The highest BCUT2D eigenvalue weighted by atomic mass is 32.2. The Hall–Kier alpha value is -4.53. The van der Waals surface area contributed by atoms with Gasteiger partial charge in [-0.1, -0.05) is 59.7 Å². The largest absolute Gasteiger partial charge is 0.396 e. The first kappa shape index (κ1) is 39.2. The lowest BCUT2D eigenvalue weighted by atomic mass is 9.98. The van der Waals surface area contributed by atoms with E-state index in [1.807, 2.05) is 13.0 Å². The van der Waals surface area contributed by atoms with Crippen LogP contribution in [-0.2, 0) is 26.4 Å². The molecule has 1 aliphatic carbocycles. The van der Waals surface area contributed by atoms with Crippen molar-refractivity contribution in [1.29, 1.82) is 0 Å². The van der Waals surface area contributed by atoms with Gasteiger partial charge in [0.2, 0.25) is 0 Å². The van der Waals surface area contributed by atoms with E-state index in [2.05, 4.69) is 61.5 Å². The highest BCUT2D eigenvalue weighted by Gasteiger charge is 2.36. The first-order chi connectivity index (χ1) is 25.3. The van der Waals surface area contributed by atoms with Crippen LogP contribution in [0.4, 0.5) is 14.5 Å². The van der Waals surface area contributed by atoms with Crippen molar-refractivity contribution in [1.82, 2.24) is 29.9 Å². The van der Waals surface area contributed by atoms with E-state index in [0.29, 0.717) is 52.7 Å². The monoisotopic (exact) mass is 787 g/mol. The van der Waals surface area contributed by atoms with Crippen molar-refractivity contribution in [3.63, 3.8) is 0 Å². The van der Waals surface area contributed by atoms with E-state index >= 15 is 4.39 Å². The Balaban J connectivity index is 0.000000189. The molecular formula is C40H43F2N7O2S3. The number of rotatable bonds is 7. The number of sulfone groups is 1. The molecule has 1 saturated carbocycles. The molecule has 6 aromatic rings. The van der Waals surface area contributed by atoms with Gasteiger partial charge in [0.1, 0.15) is 17.5 Å². The second-order valence-corrected chi connectivity index (χ2v) is 19.6. The van der Waals surface area contributed by atoms with E-state index in [9.17, 15) is 12.8 Å². The van der Waals surface area contributed by atoms with Gasteiger partial charge in [-0.2, -0.15) is 0 Å². The van der Waals surface area contributed by atoms with Crippen molar-refractivity contribution in [2.75, 3.05) is 5.73 Å². The molecule has 1 aliphatic rings. The number of aromatic nitrogens is 6. The molecule has 0 amide bonds. The summed E-state index contributed by atoms with van der Waals surface area (Å²) in [6.07, 6.45) is 4.71. The Bertz CT molecular complexity index is 2440. The number of nitrogens with zero attached hydrogens (tertiary/aromatic N) is 6. The molecule has 1 fully saturated rings. The lowest BCUT2D eigenvalue weighted by Crippen LogP contribution is -2.11. The summed E-state index contributed by atoms with van der Waals surface area (Å²) >= 11 is 3.01. The van der Waals surface area contributed by atoms with Crippen LogP contribution in [0.5, 0.6) is 0 Å². The van der Waals surface area contributed by atoms with Gasteiger partial charge in [0.05, 0.1) is 59.2 Å². The first-order valence-corrected chi connectivity index (χ1v) is 20.8. The summed E-state index contributed by atoms with van der Waals surface area (Å²) in [6.45, 7) is 16.1. The van der Waals surface area contributed by atoms with Gasteiger partial charge in [-0.3, -0.25) is 0 Å². The molecule has 9 nitrogen and oxygen atoms in total. The zero-order chi connectivity index (χ0) is 39.2. The SMILES string of the molecule is Cc1nccc(-c2sc(C(C)(C)C)nc2-c2cccc(CS(=O)(=O)C3CC3)c2F)n1.Cc1nccc(-c2sc(C(C)(C)C)nc2-c2cccc(N)c2F)n1. The fraction of sp³-hybridized carbons (Fsp3) is 0.350. The number of halogens is 2. The smallest absolute Gasteiger partial charge is 0.157 e. The van der Waals surface area contributed by atoms with Crippen LogP contribution in [-0.4, -0.2) is 43.6 Å². The number of anilines is 1. The highest BCUT2D eigenvalue weighted by molar-refractivity contribution is 7.91. The number of nitrogens with two attached hydrogens (primary N) is 1. The standard InChI is InChI=1S/C22H24FN3O2S2.C18H19FN4S/c1-13-24-11-10-17(25-13)20-19(26-21(29-20)22(2,3)4)16-7-5-6-14(18(16)23)12-30(27,28)15-8-9-15;1-10-21-9-8-13(22-10)16-15(23-17(24-16)18(2,3)4)11-6-5-7-12(20)14(11)19/h5-7,10-11,15H,8-9,12H2,1-4H3;5-9H,20H2,1-4H3. The van der Waals surface area contributed by atoms with E-state index in [0.717, 1.165) is 25.5 Å². The summed E-state index contributed by atoms with van der Waals surface area (Å²) in [5, 5.41) is 1.46. The van der Waals surface area contributed by atoms with Crippen molar-refractivity contribution in [3.8, 4) is 43.7 Å². The fourth-order valence-corrected chi connectivity index (χ4v) is 9.49.